The third kappa shape index (κ3) is 3.60. The molecule has 20 heavy (non-hydrogen) atoms. The van der Waals surface area contributed by atoms with Gasteiger partial charge in [-0.05, 0) is 44.1 Å². The zero-order valence-corrected chi connectivity index (χ0v) is 12.3. The Hall–Kier alpha value is -1.35. The van der Waals surface area contributed by atoms with Crippen LogP contribution in [0, 0.1) is 5.92 Å². The molecule has 1 aliphatic carbocycles. The van der Waals surface area contributed by atoms with Crippen molar-refractivity contribution in [1.29, 1.82) is 0 Å². The molecule has 0 aromatic heterocycles. The Labute approximate surface area is 121 Å². The van der Waals surface area contributed by atoms with Crippen LogP contribution in [0.25, 0.3) is 0 Å². The van der Waals surface area contributed by atoms with E-state index in [0.717, 1.165) is 25.7 Å². The van der Waals surface area contributed by atoms with Crippen LogP contribution in [0.5, 0.6) is 0 Å². The van der Waals surface area contributed by atoms with E-state index in [4.69, 9.17) is 5.11 Å². The predicted molar refractivity (Wildman–Crippen MR) is 80.5 cm³/mol. The lowest BCUT2D eigenvalue weighted by atomic mass is 9.78. The van der Waals surface area contributed by atoms with Gasteiger partial charge in [0.2, 0.25) is 5.91 Å². The molecule has 0 spiro atoms. The fourth-order valence-corrected chi connectivity index (χ4v) is 3.20. The fraction of sp³-hybridized carbons (Fsp3) is 0.588. The van der Waals surface area contributed by atoms with Gasteiger partial charge in [0.25, 0.3) is 0 Å². The summed E-state index contributed by atoms with van der Waals surface area (Å²) >= 11 is 0. The highest BCUT2D eigenvalue weighted by molar-refractivity contribution is 5.78. The number of carbonyl (C=O) groups excluding carboxylic acids is 1. The van der Waals surface area contributed by atoms with Crippen LogP contribution >= 0.6 is 0 Å². The summed E-state index contributed by atoms with van der Waals surface area (Å²) < 4.78 is 0. The summed E-state index contributed by atoms with van der Waals surface area (Å²) in [5.74, 6) is 0.989. The van der Waals surface area contributed by atoms with E-state index in [-0.39, 0.29) is 18.4 Å². The van der Waals surface area contributed by atoms with Gasteiger partial charge in [0.1, 0.15) is 0 Å². The lowest BCUT2D eigenvalue weighted by Gasteiger charge is -2.31. The Kier molecular flexibility index (Phi) is 5.60. The largest absolute Gasteiger partial charge is 0.395 e. The Morgan fingerprint density at radius 3 is 2.40 bits per heavy atom. The zero-order chi connectivity index (χ0) is 14.4. The van der Waals surface area contributed by atoms with Gasteiger partial charge in [0.05, 0.1) is 6.61 Å². The van der Waals surface area contributed by atoms with E-state index in [0.29, 0.717) is 19.0 Å². The Bertz CT molecular complexity index is 410. The van der Waals surface area contributed by atoms with E-state index in [1.807, 2.05) is 13.0 Å². The first-order valence-corrected chi connectivity index (χ1v) is 7.70. The number of benzene rings is 1. The van der Waals surface area contributed by atoms with Crippen LogP contribution in [-0.4, -0.2) is 35.6 Å². The number of rotatable bonds is 5. The summed E-state index contributed by atoms with van der Waals surface area (Å²) in [5, 5.41) is 9.01. The van der Waals surface area contributed by atoms with Crippen LogP contribution in [0.2, 0.25) is 0 Å². The SMILES string of the molecule is CCN(CCO)C(=O)C1CCC(c2ccccc2)CC1. The van der Waals surface area contributed by atoms with E-state index < -0.39 is 0 Å². The van der Waals surface area contributed by atoms with Gasteiger partial charge < -0.3 is 10.0 Å². The van der Waals surface area contributed by atoms with Crippen molar-refractivity contribution < 1.29 is 9.90 Å². The molecule has 1 fully saturated rings. The number of aliphatic hydroxyl groups excluding tert-OH is 1. The summed E-state index contributed by atoms with van der Waals surface area (Å²) in [6, 6.07) is 10.6. The van der Waals surface area contributed by atoms with E-state index in [2.05, 4.69) is 24.3 Å². The van der Waals surface area contributed by atoms with Gasteiger partial charge in [0.15, 0.2) is 0 Å². The Balaban J connectivity index is 1.89. The van der Waals surface area contributed by atoms with Gasteiger partial charge >= 0.3 is 0 Å². The minimum absolute atomic E-state index is 0.0545. The number of aliphatic hydroxyl groups is 1. The molecule has 3 nitrogen and oxygen atoms in total. The third-order valence-electron chi connectivity index (χ3n) is 4.41. The van der Waals surface area contributed by atoms with Crippen LogP contribution in [0.3, 0.4) is 0 Å². The number of amides is 1. The maximum absolute atomic E-state index is 12.4. The molecule has 0 atom stereocenters. The summed E-state index contributed by atoms with van der Waals surface area (Å²) in [7, 11) is 0. The monoisotopic (exact) mass is 275 g/mol. The van der Waals surface area contributed by atoms with Crippen LogP contribution in [-0.2, 0) is 4.79 Å². The third-order valence-corrected chi connectivity index (χ3v) is 4.41. The first kappa shape index (κ1) is 15.0. The topological polar surface area (TPSA) is 40.5 Å². The first-order valence-electron chi connectivity index (χ1n) is 7.70. The van der Waals surface area contributed by atoms with Gasteiger partial charge in [-0.3, -0.25) is 4.79 Å². The van der Waals surface area contributed by atoms with Crippen LogP contribution in [0.4, 0.5) is 0 Å². The summed E-state index contributed by atoms with van der Waals surface area (Å²) in [6.07, 6.45) is 4.13. The molecule has 2 rings (SSSR count). The molecule has 0 bridgehead atoms. The standard InChI is InChI=1S/C17H25NO2/c1-2-18(12-13-19)17(20)16-10-8-15(9-11-16)14-6-4-3-5-7-14/h3-7,15-16,19H,2,8-13H2,1H3. The highest BCUT2D eigenvalue weighted by atomic mass is 16.3. The van der Waals surface area contributed by atoms with E-state index >= 15 is 0 Å². The molecule has 0 heterocycles. The second kappa shape index (κ2) is 7.44. The molecule has 1 aromatic carbocycles. The smallest absolute Gasteiger partial charge is 0.225 e. The second-order valence-electron chi connectivity index (χ2n) is 5.60. The van der Waals surface area contributed by atoms with Gasteiger partial charge in [-0.1, -0.05) is 30.3 Å². The molecule has 1 N–H and O–H groups in total. The summed E-state index contributed by atoms with van der Waals surface area (Å²) in [5.41, 5.74) is 1.40. The molecule has 0 saturated heterocycles. The Morgan fingerprint density at radius 1 is 1.20 bits per heavy atom. The van der Waals surface area contributed by atoms with Crippen LogP contribution < -0.4 is 0 Å². The molecule has 1 aliphatic rings. The average Bonchev–Trinajstić information content (AvgIpc) is 2.53. The molecule has 0 aliphatic heterocycles. The molecular weight excluding hydrogens is 250 g/mol. The number of nitrogens with zero attached hydrogens (tertiary/aromatic N) is 1. The van der Waals surface area contributed by atoms with Crippen molar-refractivity contribution in [3.63, 3.8) is 0 Å². The number of hydrogen-bond acceptors (Lipinski definition) is 2. The highest BCUT2D eigenvalue weighted by Crippen LogP contribution is 2.36. The fourth-order valence-electron chi connectivity index (χ4n) is 3.20. The molecule has 110 valence electrons. The highest BCUT2D eigenvalue weighted by Gasteiger charge is 2.29. The predicted octanol–water partition coefficient (Wildman–Crippen LogP) is 2.80. The molecular formula is C17H25NO2. The minimum Gasteiger partial charge on any atom is -0.395 e. The first-order chi connectivity index (χ1) is 9.76. The maximum atomic E-state index is 12.4. The molecule has 1 aromatic rings. The van der Waals surface area contributed by atoms with Crippen molar-refractivity contribution in [3.8, 4) is 0 Å². The van der Waals surface area contributed by atoms with E-state index in [9.17, 15) is 4.79 Å². The van der Waals surface area contributed by atoms with Crippen molar-refractivity contribution in [2.24, 2.45) is 5.92 Å². The average molecular weight is 275 g/mol. The molecule has 1 amide bonds. The summed E-state index contributed by atoms with van der Waals surface area (Å²) in [6.45, 7) is 3.19. The van der Waals surface area contributed by atoms with Gasteiger partial charge in [-0.15, -0.1) is 0 Å². The van der Waals surface area contributed by atoms with Crippen LogP contribution in [0.15, 0.2) is 30.3 Å². The quantitative estimate of drug-likeness (QED) is 0.897. The van der Waals surface area contributed by atoms with E-state index in [1.54, 1.807) is 4.90 Å². The molecule has 0 radical (unpaired) electrons. The van der Waals surface area contributed by atoms with Gasteiger partial charge in [0, 0.05) is 19.0 Å². The molecule has 3 heteroatoms. The lowest BCUT2D eigenvalue weighted by molar-refractivity contribution is -0.137. The van der Waals surface area contributed by atoms with Crippen molar-refractivity contribution in [3.05, 3.63) is 35.9 Å². The summed E-state index contributed by atoms with van der Waals surface area (Å²) in [4.78, 5) is 14.2. The number of likely N-dealkylation sites (N-methyl/N-ethyl adjacent to an activating group) is 1. The van der Waals surface area contributed by atoms with Crippen molar-refractivity contribution in [1.82, 2.24) is 4.90 Å². The number of carbonyl (C=O) groups is 1. The number of hydrogen-bond donors (Lipinski definition) is 1. The van der Waals surface area contributed by atoms with Crippen molar-refractivity contribution >= 4 is 5.91 Å². The van der Waals surface area contributed by atoms with Gasteiger partial charge in [-0.2, -0.15) is 0 Å². The van der Waals surface area contributed by atoms with Crippen molar-refractivity contribution in [2.75, 3.05) is 19.7 Å². The van der Waals surface area contributed by atoms with Crippen molar-refractivity contribution in [2.45, 2.75) is 38.5 Å². The minimum atomic E-state index is 0.0545. The Morgan fingerprint density at radius 2 is 1.85 bits per heavy atom. The lowest BCUT2D eigenvalue weighted by Crippen LogP contribution is -2.39. The second-order valence-corrected chi connectivity index (χ2v) is 5.60. The van der Waals surface area contributed by atoms with Crippen LogP contribution in [0.1, 0.15) is 44.1 Å². The molecule has 0 unspecified atom stereocenters. The zero-order valence-electron chi connectivity index (χ0n) is 12.3. The normalized spacial score (nSPS) is 22.5. The molecule has 1 saturated carbocycles. The van der Waals surface area contributed by atoms with Gasteiger partial charge in [-0.25, -0.2) is 0 Å². The maximum Gasteiger partial charge on any atom is 0.225 e. The van der Waals surface area contributed by atoms with E-state index in [1.165, 1.54) is 5.56 Å².